The Bertz CT molecular complexity index is 752. The number of amides is 2. The highest BCUT2D eigenvalue weighted by atomic mass is 16.5. The van der Waals surface area contributed by atoms with Crippen molar-refractivity contribution < 1.29 is 28.5 Å². The van der Waals surface area contributed by atoms with Crippen molar-refractivity contribution in [3.05, 3.63) is 17.7 Å². The standard InChI is InChI=1S/C21H31N3O6/c1-27-13-9-21(23-18(25)15-6-11-30-12-7-15)8-10-24(14-21)20(26)16-4-5-17(28-2)22-19(16)29-3/h4-5,15H,6-14H2,1-3H3,(H,23,25). The number of rotatable bonds is 8. The lowest BCUT2D eigenvalue weighted by atomic mass is 9.91. The van der Waals surface area contributed by atoms with Gasteiger partial charge in [-0.05, 0) is 31.7 Å². The Hall–Kier alpha value is -2.39. The number of likely N-dealkylation sites (tertiary alicyclic amines) is 1. The highest BCUT2D eigenvalue weighted by Gasteiger charge is 2.42. The first-order valence-corrected chi connectivity index (χ1v) is 10.3. The molecule has 0 radical (unpaired) electrons. The van der Waals surface area contributed by atoms with E-state index < -0.39 is 5.54 Å². The summed E-state index contributed by atoms with van der Waals surface area (Å²) in [4.78, 5) is 32.0. The van der Waals surface area contributed by atoms with Crippen LogP contribution in [-0.2, 0) is 14.3 Å². The van der Waals surface area contributed by atoms with E-state index >= 15 is 0 Å². The monoisotopic (exact) mass is 421 g/mol. The third-order valence-corrected chi connectivity index (χ3v) is 5.87. The zero-order valence-corrected chi connectivity index (χ0v) is 17.9. The number of hydrogen-bond donors (Lipinski definition) is 1. The molecule has 2 aliphatic heterocycles. The van der Waals surface area contributed by atoms with Gasteiger partial charge in [0, 0.05) is 52.0 Å². The molecule has 9 nitrogen and oxygen atoms in total. The van der Waals surface area contributed by atoms with Crippen LogP contribution in [0.25, 0.3) is 0 Å². The normalized spacial score (nSPS) is 22.0. The zero-order chi connectivity index (χ0) is 21.6. The van der Waals surface area contributed by atoms with Gasteiger partial charge in [0.15, 0.2) is 0 Å². The molecule has 1 unspecified atom stereocenters. The van der Waals surface area contributed by atoms with Crippen molar-refractivity contribution in [2.75, 3.05) is 54.2 Å². The minimum absolute atomic E-state index is 0.0346. The summed E-state index contributed by atoms with van der Waals surface area (Å²) in [6.07, 6.45) is 2.76. The van der Waals surface area contributed by atoms with Gasteiger partial charge in [-0.2, -0.15) is 4.98 Å². The second-order valence-electron chi connectivity index (χ2n) is 7.79. The maximum absolute atomic E-state index is 13.2. The maximum Gasteiger partial charge on any atom is 0.259 e. The smallest absolute Gasteiger partial charge is 0.259 e. The third-order valence-electron chi connectivity index (χ3n) is 5.87. The van der Waals surface area contributed by atoms with E-state index in [2.05, 4.69) is 10.3 Å². The summed E-state index contributed by atoms with van der Waals surface area (Å²) in [6, 6.07) is 3.29. The minimum atomic E-state index is -0.506. The van der Waals surface area contributed by atoms with Gasteiger partial charge in [-0.15, -0.1) is 0 Å². The summed E-state index contributed by atoms with van der Waals surface area (Å²) in [5.74, 6) is 0.408. The maximum atomic E-state index is 13.2. The van der Waals surface area contributed by atoms with Crippen molar-refractivity contribution in [1.82, 2.24) is 15.2 Å². The highest BCUT2D eigenvalue weighted by Crippen LogP contribution is 2.30. The van der Waals surface area contributed by atoms with E-state index in [9.17, 15) is 9.59 Å². The van der Waals surface area contributed by atoms with Crippen LogP contribution in [0.5, 0.6) is 11.8 Å². The second-order valence-corrected chi connectivity index (χ2v) is 7.79. The lowest BCUT2D eigenvalue weighted by Gasteiger charge is -2.33. The topological polar surface area (TPSA) is 99.2 Å². The number of aromatic nitrogens is 1. The van der Waals surface area contributed by atoms with Crippen molar-refractivity contribution in [3.8, 4) is 11.8 Å². The predicted molar refractivity (Wildman–Crippen MR) is 109 cm³/mol. The van der Waals surface area contributed by atoms with Crippen LogP contribution in [0.2, 0.25) is 0 Å². The SMILES string of the molecule is COCCC1(NC(=O)C2CCOCC2)CCN(C(=O)c2ccc(OC)nc2OC)C1. The van der Waals surface area contributed by atoms with Crippen LogP contribution in [0, 0.1) is 5.92 Å². The Morgan fingerprint density at radius 3 is 2.67 bits per heavy atom. The molecule has 3 rings (SSSR count). The molecule has 1 atom stereocenters. The third kappa shape index (κ3) is 5.02. The Balaban J connectivity index is 1.74. The average Bonchev–Trinajstić information content (AvgIpc) is 3.21. The first kappa shape index (κ1) is 22.3. The summed E-state index contributed by atoms with van der Waals surface area (Å²) in [5, 5.41) is 3.24. The Kier molecular flexibility index (Phi) is 7.49. The molecule has 30 heavy (non-hydrogen) atoms. The molecule has 2 aliphatic rings. The summed E-state index contributed by atoms with van der Waals surface area (Å²) >= 11 is 0. The van der Waals surface area contributed by atoms with Gasteiger partial charge in [-0.3, -0.25) is 9.59 Å². The zero-order valence-electron chi connectivity index (χ0n) is 17.9. The molecule has 2 saturated heterocycles. The van der Waals surface area contributed by atoms with Gasteiger partial charge in [-0.25, -0.2) is 0 Å². The summed E-state index contributed by atoms with van der Waals surface area (Å²) in [7, 11) is 4.62. The molecule has 0 bridgehead atoms. The quantitative estimate of drug-likeness (QED) is 0.675. The van der Waals surface area contributed by atoms with Crippen molar-refractivity contribution >= 4 is 11.8 Å². The molecule has 166 valence electrons. The highest BCUT2D eigenvalue weighted by molar-refractivity contribution is 5.96. The number of pyridine rings is 1. The van der Waals surface area contributed by atoms with Gasteiger partial charge in [0.2, 0.25) is 17.7 Å². The number of nitrogens with one attached hydrogen (secondary N) is 1. The summed E-state index contributed by atoms with van der Waals surface area (Å²) in [5.41, 5.74) is -0.134. The van der Waals surface area contributed by atoms with Crippen molar-refractivity contribution in [3.63, 3.8) is 0 Å². The van der Waals surface area contributed by atoms with Crippen LogP contribution >= 0.6 is 0 Å². The molecule has 1 aromatic rings. The van der Waals surface area contributed by atoms with Gasteiger partial charge >= 0.3 is 0 Å². The van der Waals surface area contributed by atoms with Crippen molar-refractivity contribution in [2.24, 2.45) is 5.92 Å². The van der Waals surface area contributed by atoms with E-state index in [-0.39, 0.29) is 23.6 Å². The van der Waals surface area contributed by atoms with Gasteiger partial charge in [0.25, 0.3) is 5.91 Å². The lowest BCUT2D eigenvalue weighted by molar-refractivity contribution is -0.130. The molecule has 2 fully saturated rings. The molecular weight excluding hydrogens is 390 g/mol. The lowest BCUT2D eigenvalue weighted by Crippen LogP contribution is -2.53. The first-order chi connectivity index (χ1) is 14.5. The minimum Gasteiger partial charge on any atom is -0.481 e. The molecule has 1 N–H and O–H groups in total. The van der Waals surface area contributed by atoms with Gasteiger partial charge in [0.1, 0.15) is 5.56 Å². The van der Waals surface area contributed by atoms with Crippen LogP contribution in [0.4, 0.5) is 0 Å². The molecule has 9 heteroatoms. The van der Waals surface area contributed by atoms with E-state index in [0.717, 1.165) is 12.8 Å². The van der Waals surface area contributed by atoms with Gasteiger partial charge < -0.3 is 29.2 Å². The fourth-order valence-electron chi connectivity index (χ4n) is 4.06. The fourth-order valence-corrected chi connectivity index (χ4v) is 4.06. The molecule has 2 amide bonds. The van der Waals surface area contributed by atoms with Crippen molar-refractivity contribution in [1.29, 1.82) is 0 Å². The summed E-state index contributed by atoms with van der Waals surface area (Å²) < 4.78 is 21.0. The largest absolute Gasteiger partial charge is 0.481 e. The molecular formula is C21H31N3O6. The van der Waals surface area contributed by atoms with E-state index in [4.69, 9.17) is 18.9 Å². The number of hydrogen-bond acceptors (Lipinski definition) is 7. The summed E-state index contributed by atoms with van der Waals surface area (Å²) in [6.45, 7) is 2.67. The number of nitrogens with zero attached hydrogens (tertiary/aromatic N) is 2. The van der Waals surface area contributed by atoms with Gasteiger partial charge in [0.05, 0.1) is 19.8 Å². The number of carbonyl (C=O) groups is 2. The molecule has 3 heterocycles. The molecule has 0 aromatic carbocycles. The van der Waals surface area contributed by atoms with Crippen LogP contribution in [0.15, 0.2) is 12.1 Å². The van der Waals surface area contributed by atoms with Crippen LogP contribution < -0.4 is 14.8 Å². The second kappa shape index (κ2) is 10.1. The fraction of sp³-hybridized carbons (Fsp3) is 0.667. The Morgan fingerprint density at radius 1 is 1.23 bits per heavy atom. The van der Waals surface area contributed by atoms with E-state index in [1.165, 1.54) is 14.2 Å². The molecule has 0 spiro atoms. The van der Waals surface area contributed by atoms with E-state index in [1.54, 1.807) is 24.1 Å². The van der Waals surface area contributed by atoms with Crippen molar-refractivity contribution in [2.45, 2.75) is 31.2 Å². The molecule has 0 saturated carbocycles. The molecule has 1 aromatic heterocycles. The Morgan fingerprint density at radius 2 is 2.00 bits per heavy atom. The number of methoxy groups -OCH3 is 3. The number of ether oxygens (including phenoxy) is 4. The van der Waals surface area contributed by atoms with E-state index in [0.29, 0.717) is 57.2 Å². The predicted octanol–water partition coefficient (Wildman–Crippen LogP) is 1.26. The number of carbonyl (C=O) groups excluding carboxylic acids is 2. The van der Waals surface area contributed by atoms with Crippen LogP contribution in [-0.4, -0.2) is 81.5 Å². The first-order valence-electron chi connectivity index (χ1n) is 10.3. The molecule has 0 aliphatic carbocycles. The Labute approximate surface area is 177 Å². The van der Waals surface area contributed by atoms with Gasteiger partial charge in [-0.1, -0.05) is 0 Å². The van der Waals surface area contributed by atoms with Crippen LogP contribution in [0.1, 0.15) is 36.0 Å². The average molecular weight is 421 g/mol. The van der Waals surface area contributed by atoms with Crippen LogP contribution in [0.3, 0.4) is 0 Å². The van der Waals surface area contributed by atoms with E-state index in [1.807, 2.05) is 0 Å².